The molecule has 0 spiro atoms. The van der Waals surface area contributed by atoms with Gasteiger partial charge >= 0.3 is 0 Å². The maximum absolute atomic E-state index is 13.0. The molecule has 0 saturated carbocycles. The fourth-order valence-electron chi connectivity index (χ4n) is 6.24. The third-order valence-corrected chi connectivity index (χ3v) is 10.2. The highest BCUT2D eigenvalue weighted by Crippen LogP contribution is 2.38. The average Bonchev–Trinajstić information content (AvgIpc) is 3.67. The van der Waals surface area contributed by atoms with Gasteiger partial charge in [-0.1, -0.05) is 38.1 Å². The van der Waals surface area contributed by atoms with Crippen LogP contribution >= 0.6 is 11.3 Å². The summed E-state index contributed by atoms with van der Waals surface area (Å²) >= 11 is 1.63. The molecule has 0 aliphatic carbocycles. The highest BCUT2D eigenvalue weighted by Gasteiger charge is 2.19. The van der Waals surface area contributed by atoms with Gasteiger partial charge in [-0.2, -0.15) is 0 Å². The van der Waals surface area contributed by atoms with Gasteiger partial charge < -0.3 is 33.8 Å². The Hall–Kier alpha value is -4.00. The van der Waals surface area contributed by atoms with Crippen LogP contribution < -0.4 is 10.1 Å². The molecule has 0 aliphatic rings. The van der Waals surface area contributed by atoms with Crippen LogP contribution in [0.15, 0.2) is 66.2 Å². The number of fused-ring (bicyclic) bond motifs is 1. The Kier molecular flexibility index (Phi) is 20.2. The predicted molar refractivity (Wildman–Crippen MR) is 223 cm³/mol. The third kappa shape index (κ3) is 16.6. The summed E-state index contributed by atoms with van der Waals surface area (Å²) < 4.78 is 29.5. The van der Waals surface area contributed by atoms with Crippen molar-refractivity contribution in [3.05, 3.63) is 83.0 Å². The zero-order chi connectivity index (χ0) is 40.0. The number of nitrogens with one attached hydrogen (secondary N) is 1. The lowest BCUT2D eigenvalue weighted by Gasteiger charge is -2.17. The number of rotatable bonds is 29. The molecule has 4 aromatic rings. The number of Topliss-reactive ketones (excluding diaryl/α,β-unsaturated/α-hetero) is 2. The van der Waals surface area contributed by atoms with Crippen LogP contribution in [-0.2, 0) is 39.8 Å². The first-order chi connectivity index (χ1) is 27.2. The van der Waals surface area contributed by atoms with Gasteiger partial charge in [-0.15, -0.1) is 11.3 Å². The summed E-state index contributed by atoms with van der Waals surface area (Å²) in [5.41, 5.74) is 5.23. The number of aromatic nitrogens is 1. The molecule has 0 bridgehead atoms. The number of benzene rings is 2. The topological polar surface area (TPSA) is 122 Å². The Bertz CT molecular complexity index is 1770. The number of carbonyl (C=O) groups excluding carboxylic acids is 3. The number of unbranched alkanes of at least 4 members (excludes halogenated alkanes) is 1. The molecule has 10 nitrogen and oxygen atoms in total. The monoisotopic (exact) mass is 788 g/mol. The number of nitrogens with zero attached hydrogens (tertiary/aromatic N) is 1. The quantitative estimate of drug-likeness (QED) is 0.0542. The van der Waals surface area contributed by atoms with Crippen LogP contribution in [-0.4, -0.2) is 88.5 Å². The van der Waals surface area contributed by atoms with Crippen molar-refractivity contribution in [3.63, 3.8) is 0 Å². The van der Waals surface area contributed by atoms with Crippen LogP contribution in [0, 0.1) is 12.8 Å². The lowest BCUT2D eigenvalue weighted by atomic mass is 9.88. The number of carbonyl (C=O) groups is 3. The van der Waals surface area contributed by atoms with E-state index in [9.17, 15) is 14.4 Å². The Morgan fingerprint density at radius 3 is 2.12 bits per heavy atom. The van der Waals surface area contributed by atoms with Crippen molar-refractivity contribution in [2.24, 2.45) is 5.92 Å². The Morgan fingerprint density at radius 2 is 1.46 bits per heavy atom. The SMILES string of the molecule is CC(=O)C[C@H](CC(=O)CNC(=O)CCCCc1cc(C)ccn1)c1ccc(-c2ccc(OCCOCCOCCOCCOCCC(C)C)c3sccc23)cc1. The number of hydrogen-bond acceptors (Lipinski definition) is 10. The van der Waals surface area contributed by atoms with E-state index in [1.54, 1.807) is 24.5 Å². The van der Waals surface area contributed by atoms with E-state index in [0.29, 0.717) is 65.2 Å². The van der Waals surface area contributed by atoms with E-state index >= 15 is 0 Å². The second-order valence-electron chi connectivity index (χ2n) is 14.5. The first kappa shape index (κ1) is 44.7. The molecule has 1 N–H and O–H groups in total. The van der Waals surface area contributed by atoms with Crippen molar-refractivity contribution in [1.82, 2.24) is 10.3 Å². The second-order valence-corrected chi connectivity index (χ2v) is 15.4. The molecule has 2 heterocycles. The minimum Gasteiger partial charge on any atom is -0.490 e. The molecule has 1 amide bonds. The molecule has 4 rings (SSSR count). The van der Waals surface area contributed by atoms with Gasteiger partial charge in [0.05, 0.1) is 57.5 Å². The van der Waals surface area contributed by atoms with Gasteiger partial charge in [-0.25, -0.2) is 0 Å². The Labute approximate surface area is 336 Å². The normalized spacial score (nSPS) is 11.9. The van der Waals surface area contributed by atoms with Crippen LogP contribution in [0.25, 0.3) is 21.2 Å². The summed E-state index contributed by atoms with van der Waals surface area (Å²) in [4.78, 5) is 42.0. The Morgan fingerprint density at radius 1 is 0.786 bits per heavy atom. The maximum Gasteiger partial charge on any atom is 0.220 e. The minimum atomic E-state index is -0.262. The van der Waals surface area contributed by atoms with Gasteiger partial charge in [-0.3, -0.25) is 14.6 Å². The third-order valence-electron chi connectivity index (χ3n) is 9.26. The standard InChI is InChI=1S/C45H60N2O8S/c1-33(2)16-19-51-20-21-52-22-23-53-24-25-54-26-27-55-43-14-13-41(42-17-28-56-45(42)43)37-11-9-36(10-12-37)38(30-35(4)48)31-40(49)32-47-44(50)8-6-5-7-39-29-34(3)15-18-46-39/h9-15,17-18,28-29,33,38H,5-8,16,19-27,30-32H2,1-4H3,(H,47,50)/t38-/m1/s1. The summed E-state index contributed by atoms with van der Waals surface area (Å²) in [6, 6.07) is 18.3. The van der Waals surface area contributed by atoms with E-state index in [4.69, 9.17) is 23.7 Å². The van der Waals surface area contributed by atoms with Crippen LogP contribution in [0.1, 0.15) is 82.0 Å². The molecule has 0 fully saturated rings. The zero-order valence-corrected chi connectivity index (χ0v) is 34.5. The number of hydrogen-bond donors (Lipinski definition) is 1. The lowest BCUT2D eigenvalue weighted by Crippen LogP contribution is -2.30. The zero-order valence-electron chi connectivity index (χ0n) is 33.6. The molecule has 0 aliphatic heterocycles. The molecule has 1 atom stereocenters. The summed E-state index contributed by atoms with van der Waals surface area (Å²) in [5.74, 6) is 0.983. The molecular weight excluding hydrogens is 729 g/mol. The predicted octanol–water partition coefficient (Wildman–Crippen LogP) is 8.31. The molecule has 0 radical (unpaired) electrons. The van der Waals surface area contributed by atoms with Crippen LogP contribution in [0.5, 0.6) is 5.75 Å². The van der Waals surface area contributed by atoms with Gasteiger partial charge in [-0.05, 0) is 109 Å². The van der Waals surface area contributed by atoms with Gasteiger partial charge in [0, 0.05) is 43.1 Å². The van der Waals surface area contributed by atoms with E-state index in [1.807, 2.05) is 43.3 Å². The van der Waals surface area contributed by atoms with Crippen molar-refractivity contribution < 1.29 is 38.1 Å². The molecule has 0 saturated heterocycles. The van der Waals surface area contributed by atoms with E-state index in [2.05, 4.69) is 47.7 Å². The summed E-state index contributed by atoms with van der Waals surface area (Å²) in [6.07, 6.45) is 6.06. The fourth-order valence-corrected chi connectivity index (χ4v) is 7.13. The number of thiophene rings is 1. The van der Waals surface area contributed by atoms with Gasteiger partial charge in [0.25, 0.3) is 0 Å². The molecule has 304 valence electrons. The largest absolute Gasteiger partial charge is 0.490 e. The van der Waals surface area contributed by atoms with Gasteiger partial charge in [0.2, 0.25) is 5.91 Å². The number of amides is 1. The number of ketones is 2. The number of ether oxygens (including phenoxy) is 5. The summed E-state index contributed by atoms with van der Waals surface area (Å²) in [6.45, 7) is 12.8. The van der Waals surface area contributed by atoms with Crippen LogP contribution in [0.2, 0.25) is 0 Å². The molecule has 56 heavy (non-hydrogen) atoms. The van der Waals surface area contributed by atoms with Crippen molar-refractivity contribution in [2.75, 3.05) is 66.0 Å². The molecule has 2 aromatic heterocycles. The lowest BCUT2D eigenvalue weighted by molar-refractivity contribution is -0.125. The highest BCUT2D eigenvalue weighted by molar-refractivity contribution is 7.17. The van der Waals surface area contributed by atoms with Crippen molar-refractivity contribution >= 4 is 38.9 Å². The average molecular weight is 789 g/mol. The number of pyridine rings is 1. The highest BCUT2D eigenvalue weighted by atomic mass is 32.1. The first-order valence-electron chi connectivity index (χ1n) is 19.9. The van der Waals surface area contributed by atoms with Gasteiger partial charge in [0.15, 0.2) is 5.78 Å². The summed E-state index contributed by atoms with van der Waals surface area (Å²) in [5, 5.41) is 5.93. The van der Waals surface area contributed by atoms with E-state index < -0.39 is 0 Å². The fraction of sp³-hybridized carbons (Fsp3) is 0.511. The number of aryl methyl sites for hydroxylation is 2. The van der Waals surface area contributed by atoms with E-state index in [1.165, 1.54) is 5.56 Å². The summed E-state index contributed by atoms with van der Waals surface area (Å²) in [7, 11) is 0. The maximum atomic E-state index is 13.0. The van der Waals surface area contributed by atoms with E-state index in [-0.39, 0.29) is 42.8 Å². The molecular formula is C45H60N2O8S. The van der Waals surface area contributed by atoms with Crippen LogP contribution in [0.3, 0.4) is 0 Å². The second kappa shape index (κ2) is 25.3. The first-order valence-corrected chi connectivity index (χ1v) is 20.8. The molecule has 11 heteroatoms. The van der Waals surface area contributed by atoms with Crippen molar-refractivity contribution in [1.29, 1.82) is 0 Å². The van der Waals surface area contributed by atoms with E-state index in [0.717, 1.165) is 70.5 Å². The van der Waals surface area contributed by atoms with Gasteiger partial charge in [0.1, 0.15) is 18.1 Å². The minimum absolute atomic E-state index is 0.0172. The van der Waals surface area contributed by atoms with Crippen molar-refractivity contribution in [2.45, 2.75) is 78.6 Å². The van der Waals surface area contributed by atoms with Crippen LogP contribution in [0.4, 0.5) is 0 Å². The molecule has 2 aromatic carbocycles. The molecule has 0 unspecified atom stereocenters. The van der Waals surface area contributed by atoms with Crippen molar-refractivity contribution in [3.8, 4) is 16.9 Å². The Balaban J connectivity index is 1.17. The smallest absolute Gasteiger partial charge is 0.220 e.